The van der Waals surface area contributed by atoms with Crippen LogP contribution in [0.25, 0.3) is 10.8 Å². The molecule has 0 aliphatic carbocycles. The molecule has 0 N–H and O–H groups in total. The molecule has 1 heterocycles. The van der Waals surface area contributed by atoms with Crippen molar-refractivity contribution in [1.82, 2.24) is 0 Å². The van der Waals surface area contributed by atoms with Gasteiger partial charge in [0.1, 0.15) is 0 Å². The van der Waals surface area contributed by atoms with Gasteiger partial charge in [-0.3, -0.25) is 14.9 Å². The minimum absolute atomic E-state index is 0.0496. The molecule has 0 saturated carbocycles. The van der Waals surface area contributed by atoms with Gasteiger partial charge in [0, 0.05) is 29.8 Å². The summed E-state index contributed by atoms with van der Waals surface area (Å²) >= 11 is 0. The summed E-state index contributed by atoms with van der Waals surface area (Å²) in [6.07, 6.45) is 1.41. The lowest BCUT2D eigenvalue weighted by Gasteiger charge is -1.92. The summed E-state index contributed by atoms with van der Waals surface area (Å²) in [5.41, 5.74) is -0.0496. The number of benzene rings is 1. The van der Waals surface area contributed by atoms with Crippen LogP contribution in [-0.2, 0) is 0 Å². The largest absolute Gasteiger partial charge is 0.460 e. The average molecular weight is 205 g/mol. The minimum atomic E-state index is -0.504. The first-order valence-corrected chi connectivity index (χ1v) is 4.26. The molecule has 0 unspecified atom stereocenters. The number of fused-ring (bicyclic) bond motifs is 1. The van der Waals surface area contributed by atoms with E-state index >= 15 is 0 Å². The molecular formula is C10H7NO4. The lowest BCUT2D eigenvalue weighted by Crippen LogP contribution is -1.90. The number of carbonyl (C=O) groups is 1. The topological polar surface area (TPSA) is 73.3 Å². The standard InChI is InChI=1S/C10H7NO4/c1-6(12)10-9-4-8(11(13)14)3-2-7(9)5-15-10/h2-5H,1H3. The van der Waals surface area contributed by atoms with Crippen LogP contribution in [0.15, 0.2) is 28.9 Å². The fraction of sp³-hybridized carbons (Fsp3) is 0.100. The van der Waals surface area contributed by atoms with Gasteiger partial charge in [-0.05, 0) is 6.07 Å². The summed E-state index contributed by atoms with van der Waals surface area (Å²) in [5.74, 6) is -0.0841. The molecule has 0 atom stereocenters. The Morgan fingerprint density at radius 3 is 2.80 bits per heavy atom. The SMILES string of the molecule is CC(=O)c1occ2ccc([N+](=O)[O-])cc12. The first kappa shape index (κ1) is 9.39. The second-order valence-corrected chi connectivity index (χ2v) is 3.15. The molecule has 0 fully saturated rings. The lowest BCUT2D eigenvalue weighted by molar-refractivity contribution is -0.384. The summed E-state index contributed by atoms with van der Waals surface area (Å²) in [5, 5.41) is 11.7. The Bertz CT molecular complexity index is 556. The molecule has 15 heavy (non-hydrogen) atoms. The number of ketones is 1. The number of rotatable bonds is 2. The van der Waals surface area contributed by atoms with Gasteiger partial charge in [0.05, 0.1) is 11.2 Å². The molecule has 1 aromatic heterocycles. The number of hydrogen-bond donors (Lipinski definition) is 0. The van der Waals surface area contributed by atoms with E-state index in [0.29, 0.717) is 10.8 Å². The lowest BCUT2D eigenvalue weighted by atomic mass is 10.1. The molecule has 0 spiro atoms. The van der Waals surface area contributed by atoms with Crippen LogP contribution in [-0.4, -0.2) is 10.7 Å². The number of carbonyl (C=O) groups excluding carboxylic acids is 1. The maximum Gasteiger partial charge on any atom is 0.270 e. The summed E-state index contributed by atoms with van der Waals surface area (Å²) in [4.78, 5) is 21.2. The van der Waals surface area contributed by atoms with Gasteiger partial charge in [0.25, 0.3) is 5.69 Å². The summed E-state index contributed by atoms with van der Waals surface area (Å²) < 4.78 is 5.04. The van der Waals surface area contributed by atoms with Crippen LogP contribution < -0.4 is 0 Å². The smallest absolute Gasteiger partial charge is 0.270 e. The molecule has 76 valence electrons. The molecule has 0 amide bonds. The van der Waals surface area contributed by atoms with E-state index in [1.54, 1.807) is 6.07 Å². The molecule has 0 aliphatic rings. The number of furan rings is 1. The molecule has 0 saturated heterocycles. The molecule has 5 nitrogen and oxygen atoms in total. The number of nitrogens with zero attached hydrogens (tertiary/aromatic N) is 1. The third-order valence-corrected chi connectivity index (χ3v) is 2.12. The first-order chi connectivity index (χ1) is 7.09. The number of Topliss-reactive ketones (excluding diaryl/α,β-unsaturated/α-hetero) is 1. The molecule has 2 aromatic rings. The van der Waals surface area contributed by atoms with Crippen LogP contribution in [0, 0.1) is 10.1 Å². The monoisotopic (exact) mass is 205 g/mol. The Balaban J connectivity index is 2.72. The Morgan fingerprint density at radius 1 is 1.47 bits per heavy atom. The van der Waals surface area contributed by atoms with Crippen molar-refractivity contribution in [3.63, 3.8) is 0 Å². The zero-order valence-corrected chi connectivity index (χ0v) is 7.89. The highest BCUT2D eigenvalue weighted by Gasteiger charge is 2.14. The van der Waals surface area contributed by atoms with E-state index in [4.69, 9.17) is 4.42 Å². The molecule has 0 radical (unpaired) electrons. The van der Waals surface area contributed by atoms with Crippen LogP contribution in [0.4, 0.5) is 5.69 Å². The zero-order valence-electron chi connectivity index (χ0n) is 7.89. The van der Waals surface area contributed by atoms with E-state index in [2.05, 4.69) is 0 Å². The number of nitro groups is 1. The van der Waals surface area contributed by atoms with Crippen molar-refractivity contribution < 1.29 is 14.1 Å². The van der Waals surface area contributed by atoms with E-state index in [-0.39, 0.29) is 17.2 Å². The van der Waals surface area contributed by atoms with Crippen molar-refractivity contribution in [2.75, 3.05) is 0 Å². The second kappa shape index (κ2) is 3.20. The van der Waals surface area contributed by atoms with E-state index in [0.717, 1.165) is 0 Å². The van der Waals surface area contributed by atoms with Gasteiger partial charge < -0.3 is 4.42 Å². The third kappa shape index (κ3) is 1.48. The minimum Gasteiger partial charge on any atom is -0.460 e. The zero-order chi connectivity index (χ0) is 11.0. The summed E-state index contributed by atoms with van der Waals surface area (Å²) in [6, 6.07) is 4.28. The predicted octanol–water partition coefficient (Wildman–Crippen LogP) is 2.54. The Labute approximate surface area is 84.5 Å². The van der Waals surface area contributed by atoms with E-state index in [9.17, 15) is 14.9 Å². The highest BCUT2D eigenvalue weighted by Crippen LogP contribution is 2.25. The predicted molar refractivity (Wildman–Crippen MR) is 52.9 cm³/mol. The summed E-state index contributed by atoms with van der Waals surface area (Å²) in [6.45, 7) is 1.36. The average Bonchev–Trinajstić information content (AvgIpc) is 2.59. The van der Waals surface area contributed by atoms with Gasteiger partial charge in [-0.25, -0.2) is 0 Å². The van der Waals surface area contributed by atoms with Crippen molar-refractivity contribution in [1.29, 1.82) is 0 Å². The fourth-order valence-electron chi connectivity index (χ4n) is 1.42. The van der Waals surface area contributed by atoms with Crippen LogP contribution in [0.2, 0.25) is 0 Å². The van der Waals surface area contributed by atoms with Gasteiger partial charge in [-0.1, -0.05) is 0 Å². The Hall–Kier alpha value is -2.17. The van der Waals surface area contributed by atoms with Crippen molar-refractivity contribution in [3.8, 4) is 0 Å². The molecule has 2 rings (SSSR count). The first-order valence-electron chi connectivity index (χ1n) is 4.26. The van der Waals surface area contributed by atoms with E-state index < -0.39 is 4.92 Å². The van der Waals surface area contributed by atoms with Gasteiger partial charge in [0.15, 0.2) is 11.5 Å². The van der Waals surface area contributed by atoms with Crippen LogP contribution in [0.5, 0.6) is 0 Å². The van der Waals surface area contributed by atoms with Crippen LogP contribution >= 0.6 is 0 Å². The van der Waals surface area contributed by atoms with Gasteiger partial charge >= 0.3 is 0 Å². The quantitative estimate of drug-likeness (QED) is 0.429. The van der Waals surface area contributed by atoms with Crippen molar-refractivity contribution in [2.45, 2.75) is 6.92 Å². The molecule has 5 heteroatoms. The highest BCUT2D eigenvalue weighted by molar-refractivity contribution is 6.05. The second-order valence-electron chi connectivity index (χ2n) is 3.15. The van der Waals surface area contributed by atoms with Crippen LogP contribution in [0.3, 0.4) is 0 Å². The Morgan fingerprint density at radius 2 is 2.20 bits per heavy atom. The number of non-ortho nitro benzene ring substituents is 1. The van der Waals surface area contributed by atoms with Crippen LogP contribution in [0.1, 0.15) is 17.5 Å². The normalized spacial score (nSPS) is 10.5. The molecule has 0 aliphatic heterocycles. The van der Waals surface area contributed by atoms with Gasteiger partial charge in [0.2, 0.25) is 0 Å². The molecule has 1 aromatic carbocycles. The third-order valence-electron chi connectivity index (χ3n) is 2.12. The fourth-order valence-corrected chi connectivity index (χ4v) is 1.42. The summed E-state index contributed by atoms with van der Waals surface area (Å²) in [7, 11) is 0. The number of nitro benzene ring substituents is 1. The van der Waals surface area contributed by atoms with E-state index in [1.807, 2.05) is 0 Å². The van der Waals surface area contributed by atoms with Gasteiger partial charge in [-0.15, -0.1) is 0 Å². The number of hydrogen-bond acceptors (Lipinski definition) is 4. The maximum atomic E-state index is 11.1. The highest BCUT2D eigenvalue weighted by atomic mass is 16.6. The maximum absolute atomic E-state index is 11.1. The Kier molecular flexibility index (Phi) is 2.00. The van der Waals surface area contributed by atoms with Gasteiger partial charge in [-0.2, -0.15) is 0 Å². The van der Waals surface area contributed by atoms with Crippen molar-refractivity contribution in [3.05, 3.63) is 40.3 Å². The van der Waals surface area contributed by atoms with Crippen molar-refractivity contribution >= 4 is 22.2 Å². The molecular weight excluding hydrogens is 198 g/mol. The van der Waals surface area contributed by atoms with E-state index in [1.165, 1.54) is 25.3 Å². The van der Waals surface area contributed by atoms with Crippen molar-refractivity contribution in [2.24, 2.45) is 0 Å². The molecule has 0 bridgehead atoms.